The predicted octanol–water partition coefficient (Wildman–Crippen LogP) is 0.691. The molecule has 1 saturated heterocycles. The fourth-order valence-electron chi connectivity index (χ4n) is 2.09. The maximum atomic E-state index is 12.2. The summed E-state index contributed by atoms with van der Waals surface area (Å²) in [5, 5.41) is 11.4. The second-order valence-corrected chi connectivity index (χ2v) is 4.57. The van der Waals surface area contributed by atoms with E-state index in [1.807, 2.05) is 11.8 Å². The van der Waals surface area contributed by atoms with E-state index in [2.05, 4.69) is 5.16 Å². The lowest BCUT2D eigenvalue weighted by Crippen LogP contribution is -2.52. The van der Waals surface area contributed by atoms with Crippen LogP contribution in [-0.4, -0.2) is 65.8 Å². The first-order chi connectivity index (χ1) is 8.31. The highest BCUT2D eigenvalue weighted by atomic mass is 19.4. The van der Waals surface area contributed by atoms with Gasteiger partial charge >= 0.3 is 6.18 Å². The molecule has 1 aliphatic rings. The van der Waals surface area contributed by atoms with E-state index in [1.165, 1.54) is 4.90 Å². The topological polar surface area (TPSA) is 65.1 Å². The van der Waals surface area contributed by atoms with Crippen LogP contribution in [0, 0.1) is 0 Å². The molecule has 0 aromatic rings. The van der Waals surface area contributed by atoms with Crippen LogP contribution in [0.3, 0.4) is 0 Å². The summed E-state index contributed by atoms with van der Waals surface area (Å²) in [4.78, 5) is 3.44. The van der Waals surface area contributed by atoms with Gasteiger partial charge in [-0.25, -0.2) is 0 Å². The van der Waals surface area contributed by atoms with Crippen molar-refractivity contribution in [2.24, 2.45) is 10.9 Å². The van der Waals surface area contributed by atoms with Crippen LogP contribution >= 0.6 is 0 Å². The van der Waals surface area contributed by atoms with E-state index in [0.29, 0.717) is 32.6 Å². The molecule has 0 aliphatic carbocycles. The average molecular weight is 268 g/mol. The van der Waals surface area contributed by atoms with E-state index in [4.69, 9.17) is 10.9 Å². The molecule has 18 heavy (non-hydrogen) atoms. The highest BCUT2D eigenvalue weighted by Gasteiger charge is 2.32. The van der Waals surface area contributed by atoms with Gasteiger partial charge in [-0.1, -0.05) is 5.16 Å². The second-order valence-electron chi connectivity index (χ2n) is 4.57. The standard InChI is InChI=1S/C10H19F3N4O/c1-8(6-9(14)15-18)17-4-2-16(3-5-17)7-10(11,12)13/h8,18H,2-7H2,1H3,(H2,14,15). The second kappa shape index (κ2) is 6.24. The quantitative estimate of drug-likeness (QED) is 0.341. The summed E-state index contributed by atoms with van der Waals surface area (Å²) in [6.45, 7) is 2.97. The SMILES string of the molecule is CC(C/C(N)=N/O)N1CCN(CC(F)(F)F)CC1. The Hall–Kier alpha value is -1.02. The summed E-state index contributed by atoms with van der Waals surface area (Å²) in [5.74, 6) is 0.139. The number of alkyl halides is 3. The molecule has 0 aromatic carbocycles. The fourth-order valence-corrected chi connectivity index (χ4v) is 2.09. The lowest BCUT2D eigenvalue weighted by molar-refractivity contribution is -0.149. The van der Waals surface area contributed by atoms with Gasteiger partial charge in [0, 0.05) is 38.6 Å². The average Bonchev–Trinajstić information content (AvgIpc) is 2.27. The smallest absolute Gasteiger partial charge is 0.401 e. The van der Waals surface area contributed by atoms with Crippen molar-refractivity contribution < 1.29 is 18.4 Å². The molecular weight excluding hydrogens is 249 g/mol. The van der Waals surface area contributed by atoms with Crippen LogP contribution in [-0.2, 0) is 0 Å². The van der Waals surface area contributed by atoms with Crippen LogP contribution in [0.4, 0.5) is 13.2 Å². The molecule has 1 fully saturated rings. The molecule has 0 amide bonds. The van der Waals surface area contributed by atoms with Gasteiger partial charge in [-0.15, -0.1) is 0 Å². The van der Waals surface area contributed by atoms with E-state index >= 15 is 0 Å². The van der Waals surface area contributed by atoms with Gasteiger partial charge in [-0.2, -0.15) is 13.2 Å². The van der Waals surface area contributed by atoms with E-state index in [9.17, 15) is 13.2 Å². The summed E-state index contributed by atoms with van der Waals surface area (Å²) in [5.41, 5.74) is 5.41. The molecule has 0 radical (unpaired) electrons. The van der Waals surface area contributed by atoms with Crippen molar-refractivity contribution in [3.05, 3.63) is 0 Å². The minimum atomic E-state index is -4.14. The van der Waals surface area contributed by atoms with Crippen molar-refractivity contribution in [3.63, 3.8) is 0 Å². The van der Waals surface area contributed by atoms with E-state index in [-0.39, 0.29) is 11.9 Å². The zero-order valence-electron chi connectivity index (χ0n) is 10.3. The van der Waals surface area contributed by atoms with E-state index in [1.54, 1.807) is 0 Å². The normalized spacial score (nSPS) is 22.1. The molecule has 106 valence electrons. The number of amidine groups is 1. The summed E-state index contributed by atoms with van der Waals surface area (Å²) in [6.07, 6.45) is -3.72. The van der Waals surface area contributed by atoms with Gasteiger partial charge in [-0.3, -0.25) is 9.80 Å². The van der Waals surface area contributed by atoms with Gasteiger partial charge in [-0.05, 0) is 6.92 Å². The molecule has 5 nitrogen and oxygen atoms in total. The summed E-state index contributed by atoms with van der Waals surface area (Å²) >= 11 is 0. The number of oxime groups is 1. The Kier molecular flexibility index (Phi) is 5.21. The summed E-state index contributed by atoms with van der Waals surface area (Å²) in [7, 11) is 0. The molecular formula is C10H19F3N4O. The van der Waals surface area contributed by atoms with E-state index in [0.717, 1.165) is 0 Å². The Morgan fingerprint density at radius 3 is 2.33 bits per heavy atom. The van der Waals surface area contributed by atoms with Crippen LogP contribution in [0.1, 0.15) is 13.3 Å². The Labute approximate surface area is 104 Å². The largest absolute Gasteiger partial charge is 0.409 e. The minimum absolute atomic E-state index is 0.0638. The van der Waals surface area contributed by atoms with E-state index < -0.39 is 12.7 Å². The molecule has 1 heterocycles. The maximum absolute atomic E-state index is 12.2. The van der Waals surface area contributed by atoms with Crippen LogP contribution < -0.4 is 5.73 Å². The Bertz CT molecular complexity index is 287. The Balaban J connectivity index is 2.35. The molecule has 1 rings (SSSR count). The van der Waals surface area contributed by atoms with Gasteiger partial charge in [0.15, 0.2) is 0 Å². The number of hydrogen-bond donors (Lipinski definition) is 2. The molecule has 0 spiro atoms. The van der Waals surface area contributed by atoms with Gasteiger partial charge < -0.3 is 10.9 Å². The molecule has 0 bridgehead atoms. The molecule has 0 saturated carbocycles. The van der Waals surface area contributed by atoms with Gasteiger partial charge in [0.1, 0.15) is 5.84 Å². The molecule has 1 atom stereocenters. The van der Waals surface area contributed by atoms with Gasteiger partial charge in [0.25, 0.3) is 0 Å². The monoisotopic (exact) mass is 268 g/mol. The van der Waals surface area contributed by atoms with Crippen LogP contribution in [0.25, 0.3) is 0 Å². The molecule has 8 heteroatoms. The zero-order valence-corrected chi connectivity index (χ0v) is 10.3. The number of hydrogen-bond acceptors (Lipinski definition) is 4. The zero-order chi connectivity index (χ0) is 13.8. The highest BCUT2D eigenvalue weighted by molar-refractivity contribution is 5.80. The minimum Gasteiger partial charge on any atom is -0.409 e. The third-order valence-corrected chi connectivity index (χ3v) is 3.07. The summed E-state index contributed by atoms with van der Waals surface area (Å²) in [6, 6.07) is 0.0638. The van der Waals surface area contributed by atoms with Crippen molar-refractivity contribution in [2.45, 2.75) is 25.6 Å². The third-order valence-electron chi connectivity index (χ3n) is 3.07. The maximum Gasteiger partial charge on any atom is 0.401 e. The third kappa shape index (κ3) is 5.09. The number of nitrogens with two attached hydrogens (primary N) is 1. The van der Waals surface area contributed by atoms with Crippen LogP contribution in [0.5, 0.6) is 0 Å². The van der Waals surface area contributed by atoms with Crippen molar-refractivity contribution >= 4 is 5.84 Å². The molecule has 3 N–H and O–H groups in total. The van der Waals surface area contributed by atoms with Crippen molar-refractivity contribution in [1.82, 2.24) is 9.80 Å². The molecule has 1 unspecified atom stereocenters. The van der Waals surface area contributed by atoms with Crippen molar-refractivity contribution in [1.29, 1.82) is 0 Å². The van der Waals surface area contributed by atoms with Crippen molar-refractivity contribution in [3.8, 4) is 0 Å². The van der Waals surface area contributed by atoms with Crippen LogP contribution in [0.15, 0.2) is 5.16 Å². The molecule has 0 aromatic heterocycles. The van der Waals surface area contributed by atoms with Gasteiger partial charge in [0.2, 0.25) is 0 Å². The number of halogens is 3. The first-order valence-corrected chi connectivity index (χ1v) is 5.81. The lowest BCUT2D eigenvalue weighted by atomic mass is 10.1. The van der Waals surface area contributed by atoms with Crippen molar-refractivity contribution in [2.75, 3.05) is 32.7 Å². The number of rotatable bonds is 4. The Morgan fingerprint density at radius 1 is 1.33 bits per heavy atom. The first kappa shape index (κ1) is 15.0. The number of piperazine rings is 1. The fraction of sp³-hybridized carbons (Fsp3) is 0.900. The number of nitrogens with zero attached hydrogens (tertiary/aromatic N) is 3. The van der Waals surface area contributed by atoms with Gasteiger partial charge in [0.05, 0.1) is 6.54 Å². The molecule has 1 aliphatic heterocycles. The lowest BCUT2D eigenvalue weighted by Gasteiger charge is -2.38. The first-order valence-electron chi connectivity index (χ1n) is 5.81. The summed E-state index contributed by atoms with van der Waals surface area (Å²) < 4.78 is 36.6. The van der Waals surface area contributed by atoms with Crippen LogP contribution in [0.2, 0.25) is 0 Å². The Morgan fingerprint density at radius 2 is 1.89 bits per heavy atom. The predicted molar refractivity (Wildman–Crippen MR) is 61.6 cm³/mol. The highest BCUT2D eigenvalue weighted by Crippen LogP contribution is 2.18.